The topological polar surface area (TPSA) is 94.7 Å². The largest absolute Gasteiger partial charge is 0.393 e. The Morgan fingerprint density at radius 2 is 1.92 bits per heavy atom. The van der Waals surface area contributed by atoms with Gasteiger partial charge in [0.1, 0.15) is 28.7 Å². The fourth-order valence-electron chi connectivity index (χ4n) is 6.33. The third-order valence-electron chi connectivity index (χ3n) is 8.96. The van der Waals surface area contributed by atoms with Crippen molar-refractivity contribution in [1.29, 1.82) is 5.26 Å². The molecule has 0 spiro atoms. The van der Waals surface area contributed by atoms with Gasteiger partial charge < -0.3 is 15.2 Å². The lowest BCUT2D eigenvalue weighted by Gasteiger charge is -2.33. The van der Waals surface area contributed by atoms with Crippen LogP contribution in [0, 0.1) is 25.2 Å². The van der Waals surface area contributed by atoms with Gasteiger partial charge in [-0.3, -0.25) is 9.88 Å². The molecule has 1 saturated heterocycles. The highest BCUT2D eigenvalue weighted by Crippen LogP contribution is 2.33. The first-order valence-electron chi connectivity index (χ1n) is 15.9. The third kappa shape index (κ3) is 7.37. The van der Waals surface area contributed by atoms with Crippen LogP contribution in [0.25, 0.3) is 21.1 Å². The van der Waals surface area contributed by atoms with Crippen LogP contribution in [0.1, 0.15) is 45.8 Å². The Kier molecular flexibility index (Phi) is 9.53. The number of nitrogens with zero attached hydrogens (tertiary/aromatic N) is 6. The Balaban J connectivity index is 1.09. The van der Waals surface area contributed by atoms with Crippen molar-refractivity contribution in [2.24, 2.45) is 0 Å². The van der Waals surface area contributed by atoms with E-state index < -0.39 is 12.6 Å². The number of hydrogen-bond donors (Lipinski definition) is 2. The molecule has 1 aromatic carbocycles. The van der Waals surface area contributed by atoms with Crippen molar-refractivity contribution in [2.45, 2.75) is 64.8 Å². The van der Waals surface area contributed by atoms with Crippen molar-refractivity contribution < 1.29 is 13.2 Å². The Labute approximate surface area is 281 Å². The predicted molar refractivity (Wildman–Crippen MR) is 186 cm³/mol. The van der Waals surface area contributed by atoms with Gasteiger partial charge >= 0.3 is 6.18 Å². The average Bonchev–Trinajstić information content (AvgIpc) is 3.63. The van der Waals surface area contributed by atoms with Crippen molar-refractivity contribution in [1.82, 2.24) is 24.4 Å². The van der Waals surface area contributed by atoms with Crippen LogP contribution in [0.3, 0.4) is 0 Å². The quantitative estimate of drug-likeness (QED) is 0.137. The van der Waals surface area contributed by atoms with E-state index in [1.165, 1.54) is 17.5 Å². The van der Waals surface area contributed by atoms with Gasteiger partial charge in [0, 0.05) is 65.8 Å². The molecule has 6 rings (SSSR count). The summed E-state index contributed by atoms with van der Waals surface area (Å²) >= 11 is 1.06. The molecule has 5 aromatic rings. The standard InChI is InChI=1S/C36H37F3N8S/c1-5-23(3)44-32-19-41-27(14-22(32)2)10-13-47-28(18-40)15-30-24(4)25(6-7-33(30)47)20-46-11-8-26(9-12-46)45-34-31-16-29(17-36(37,38)39)48-35(31)43-21-42-34/h5-7,14-16,19,21,26,44H,1,3,8-13,17,20H2,2,4H3,(H,42,43,45). The molecule has 0 amide bonds. The highest BCUT2D eigenvalue weighted by atomic mass is 32.1. The lowest BCUT2D eigenvalue weighted by atomic mass is 10.0. The fraction of sp³-hybridized carbons (Fsp3) is 0.333. The zero-order valence-corrected chi connectivity index (χ0v) is 27.8. The monoisotopic (exact) mass is 670 g/mol. The number of anilines is 2. The minimum absolute atomic E-state index is 0.165. The number of rotatable bonds is 11. The molecule has 5 heterocycles. The maximum absolute atomic E-state index is 12.9. The zero-order valence-electron chi connectivity index (χ0n) is 27.0. The highest BCUT2D eigenvalue weighted by molar-refractivity contribution is 7.18. The number of aryl methyl sites for hydroxylation is 4. The Morgan fingerprint density at radius 3 is 2.62 bits per heavy atom. The molecule has 248 valence electrons. The third-order valence-corrected chi connectivity index (χ3v) is 10.0. The normalized spacial score (nSPS) is 14.3. The number of halogens is 3. The summed E-state index contributed by atoms with van der Waals surface area (Å²) < 4.78 is 40.9. The van der Waals surface area contributed by atoms with Crippen LogP contribution in [-0.4, -0.2) is 49.7 Å². The molecule has 0 unspecified atom stereocenters. The second-order valence-electron chi connectivity index (χ2n) is 12.3. The summed E-state index contributed by atoms with van der Waals surface area (Å²) in [7, 11) is 0. The lowest BCUT2D eigenvalue weighted by Crippen LogP contribution is -2.39. The first-order valence-corrected chi connectivity index (χ1v) is 16.7. The number of alkyl halides is 3. The van der Waals surface area contributed by atoms with E-state index in [1.807, 2.05) is 19.2 Å². The minimum atomic E-state index is -4.26. The first-order chi connectivity index (χ1) is 23.0. The van der Waals surface area contributed by atoms with Crippen molar-refractivity contribution >= 4 is 44.0 Å². The van der Waals surface area contributed by atoms with Crippen LogP contribution < -0.4 is 10.6 Å². The zero-order chi connectivity index (χ0) is 34.0. The number of thiophene rings is 1. The molecule has 0 atom stereocenters. The van der Waals surface area contributed by atoms with E-state index in [1.54, 1.807) is 12.1 Å². The maximum Gasteiger partial charge on any atom is 0.393 e. The van der Waals surface area contributed by atoms with Gasteiger partial charge in [0.15, 0.2) is 0 Å². The fourth-order valence-corrected chi connectivity index (χ4v) is 7.36. The summed E-state index contributed by atoms with van der Waals surface area (Å²) in [4.78, 5) is 16.4. The van der Waals surface area contributed by atoms with Gasteiger partial charge in [0.25, 0.3) is 0 Å². The van der Waals surface area contributed by atoms with Crippen LogP contribution in [-0.2, 0) is 25.9 Å². The molecule has 4 aromatic heterocycles. The molecule has 12 heteroatoms. The molecule has 0 saturated carbocycles. The SMILES string of the molecule is C=CC(=C)Nc1cnc(CCn2c(C#N)cc3c(C)c(CN4CCC(Nc5ncnc6sc(CC(F)(F)F)cc56)CC4)ccc32)cc1C. The second kappa shape index (κ2) is 13.8. The molecular formula is C36H37F3N8S. The molecule has 48 heavy (non-hydrogen) atoms. The summed E-state index contributed by atoms with van der Waals surface area (Å²) in [5.41, 5.74) is 7.68. The average molecular weight is 671 g/mol. The molecule has 0 bridgehead atoms. The van der Waals surface area contributed by atoms with Gasteiger partial charge in [0.05, 0.1) is 23.7 Å². The van der Waals surface area contributed by atoms with Gasteiger partial charge in [-0.2, -0.15) is 18.4 Å². The van der Waals surface area contributed by atoms with Crippen LogP contribution >= 0.6 is 11.3 Å². The number of benzene rings is 1. The van der Waals surface area contributed by atoms with Crippen molar-refractivity contribution in [3.63, 3.8) is 0 Å². The molecule has 2 N–H and O–H groups in total. The Morgan fingerprint density at radius 1 is 1.12 bits per heavy atom. The molecule has 0 radical (unpaired) electrons. The van der Waals surface area contributed by atoms with Gasteiger partial charge in [-0.1, -0.05) is 19.2 Å². The summed E-state index contributed by atoms with van der Waals surface area (Å²) in [6.45, 7) is 15.0. The van der Waals surface area contributed by atoms with E-state index in [0.29, 0.717) is 40.4 Å². The van der Waals surface area contributed by atoms with Crippen LogP contribution in [0.4, 0.5) is 24.7 Å². The molecule has 0 aliphatic carbocycles. The van der Waals surface area contributed by atoms with Crippen molar-refractivity contribution in [3.05, 3.63) is 101 Å². The molecular weight excluding hydrogens is 634 g/mol. The number of piperidine rings is 1. The van der Waals surface area contributed by atoms with E-state index in [-0.39, 0.29) is 10.9 Å². The molecule has 1 fully saturated rings. The summed E-state index contributed by atoms with van der Waals surface area (Å²) in [5, 5.41) is 18.4. The van der Waals surface area contributed by atoms with E-state index in [4.69, 9.17) is 0 Å². The van der Waals surface area contributed by atoms with Crippen LogP contribution in [0.15, 0.2) is 67.8 Å². The Bertz CT molecular complexity index is 2030. The highest BCUT2D eigenvalue weighted by Gasteiger charge is 2.29. The lowest BCUT2D eigenvalue weighted by molar-refractivity contribution is -0.126. The van der Waals surface area contributed by atoms with Crippen LogP contribution in [0.2, 0.25) is 0 Å². The van der Waals surface area contributed by atoms with E-state index in [9.17, 15) is 18.4 Å². The smallest absolute Gasteiger partial charge is 0.367 e. The van der Waals surface area contributed by atoms with E-state index in [2.05, 4.69) is 79.4 Å². The molecule has 1 aliphatic heterocycles. The predicted octanol–water partition coefficient (Wildman–Crippen LogP) is 8.07. The summed E-state index contributed by atoms with van der Waals surface area (Å²) in [6, 6.07) is 12.4. The first kappa shape index (κ1) is 33.2. The van der Waals surface area contributed by atoms with Gasteiger partial charge in [-0.05, 0) is 73.7 Å². The number of fused-ring (bicyclic) bond motifs is 2. The molecule has 8 nitrogen and oxygen atoms in total. The Hall–Kier alpha value is -4.73. The van der Waals surface area contributed by atoms with Gasteiger partial charge in [0.2, 0.25) is 0 Å². The van der Waals surface area contributed by atoms with Crippen molar-refractivity contribution in [3.8, 4) is 6.07 Å². The van der Waals surface area contributed by atoms with Gasteiger partial charge in [-0.15, -0.1) is 11.3 Å². The number of aromatic nitrogens is 4. The second-order valence-corrected chi connectivity index (χ2v) is 13.4. The summed E-state index contributed by atoms with van der Waals surface area (Å²) in [6.07, 6.45) is 2.12. The van der Waals surface area contributed by atoms with E-state index in [0.717, 1.165) is 71.7 Å². The molecule has 1 aliphatic rings. The van der Waals surface area contributed by atoms with Crippen molar-refractivity contribution in [2.75, 3.05) is 23.7 Å². The number of hydrogen-bond acceptors (Lipinski definition) is 8. The van der Waals surface area contributed by atoms with E-state index >= 15 is 0 Å². The number of nitriles is 1. The maximum atomic E-state index is 12.9. The van der Waals surface area contributed by atoms with Crippen LogP contribution in [0.5, 0.6) is 0 Å². The number of allylic oxidation sites excluding steroid dienone is 1. The summed E-state index contributed by atoms with van der Waals surface area (Å²) in [5.74, 6) is 0.594. The number of nitrogens with one attached hydrogen (secondary N) is 2. The minimum Gasteiger partial charge on any atom is -0.367 e. The number of likely N-dealkylation sites (tertiary alicyclic amines) is 1. The number of pyridine rings is 1. The van der Waals surface area contributed by atoms with Gasteiger partial charge in [-0.25, -0.2) is 9.97 Å².